The van der Waals surface area contributed by atoms with Crippen molar-refractivity contribution in [3.05, 3.63) is 0 Å². The molecular formula is C28H60N2. The molecule has 0 aliphatic heterocycles. The second kappa shape index (κ2) is 25.2. The number of hydrogen-bond donors (Lipinski definition) is 0. The molecule has 0 atom stereocenters. The monoisotopic (exact) mass is 424 g/mol. The highest BCUT2D eigenvalue weighted by Crippen LogP contribution is 2.12. The van der Waals surface area contributed by atoms with E-state index in [-0.39, 0.29) is 0 Å². The molecule has 0 N–H and O–H groups in total. The van der Waals surface area contributed by atoms with Gasteiger partial charge in [0.05, 0.1) is 0 Å². The summed E-state index contributed by atoms with van der Waals surface area (Å²) in [5, 5.41) is 0. The van der Waals surface area contributed by atoms with E-state index in [2.05, 4.69) is 37.7 Å². The van der Waals surface area contributed by atoms with Crippen molar-refractivity contribution in [1.82, 2.24) is 9.80 Å². The fraction of sp³-hybridized carbons (Fsp3) is 1.00. The summed E-state index contributed by atoms with van der Waals surface area (Å²) in [7, 11) is 4.62. The van der Waals surface area contributed by atoms with Crippen LogP contribution in [-0.4, -0.2) is 50.1 Å². The third-order valence-electron chi connectivity index (χ3n) is 6.65. The predicted octanol–water partition coefficient (Wildman–Crippen LogP) is 8.69. The molecule has 0 saturated heterocycles. The molecule has 0 aromatic rings. The Balaban J connectivity index is 3.28. The lowest BCUT2D eigenvalue weighted by Crippen LogP contribution is -2.32. The molecule has 30 heavy (non-hydrogen) atoms. The van der Waals surface area contributed by atoms with Crippen LogP contribution in [0.25, 0.3) is 0 Å². The van der Waals surface area contributed by atoms with Crippen molar-refractivity contribution in [2.45, 2.75) is 142 Å². The standard InChI is InChI=1S/C28H60N2/c1-5-7-9-11-13-15-17-19-21-23-25-29(3)27-28-30(4)26-24-22-20-18-16-14-12-10-8-6-2/h5-28H2,1-4H3. The minimum absolute atomic E-state index is 1.23. The van der Waals surface area contributed by atoms with E-state index in [9.17, 15) is 0 Å². The lowest BCUT2D eigenvalue weighted by Gasteiger charge is -2.22. The van der Waals surface area contributed by atoms with Crippen LogP contribution in [0.3, 0.4) is 0 Å². The van der Waals surface area contributed by atoms with Crippen LogP contribution in [0.15, 0.2) is 0 Å². The van der Waals surface area contributed by atoms with E-state index < -0.39 is 0 Å². The molecule has 0 bridgehead atoms. The van der Waals surface area contributed by atoms with Gasteiger partial charge >= 0.3 is 0 Å². The van der Waals surface area contributed by atoms with E-state index in [1.807, 2.05) is 0 Å². The van der Waals surface area contributed by atoms with Crippen molar-refractivity contribution in [2.24, 2.45) is 0 Å². The zero-order valence-corrected chi connectivity index (χ0v) is 21.9. The normalized spacial score (nSPS) is 11.8. The molecule has 0 unspecified atom stereocenters. The second-order valence-corrected chi connectivity index (χ2v) is 9.97. The number of likely N-dealkylation sites (N-methyl/N-ethyl adjacent to an activating group) is 2. The van der Waals surface area contributed by atoms with Crippen molar-refractivity contribution < 1.29 is 0 Å². The Morgan fingerprint density at radius 2 is 0.533 bits per heavy atom. The minimum atomic E-state index is 1.23. The summed E-state index contributed by atoms with van der Waals surface area (Å²) in [5.74, 6) is 0. The van der Waals surface area contributed by atoms with Crippen LogP contribution in [0.5, 0.6) is 0 Å². The van der Waals surface area contributed by atoms with Crippen LogP contribution in [0, 0.1) is 0 Å². The quantitative estimate of drug-likeness (QED) is 0.135. The SMILES string of the molecule is CCCCCCCCCCCCN(C)CCN(C)CCCCCCCCCCCC. The molecule has 0 spiro atoms. The Labute approximate surface area is 192 Å². The molecule has 0 saturated carbocycles. The lowest BCUT2D eigenvalue weighted by molar-refractivity contribution is 0.249. The third kappa shape index (κ3) is 24.2. The van der Waals surface area contributed by atoms with E-state index >= 15 is 0 Å². The van der Waals surface area contributed by atoms with Gasteiger partial charge in [0.15, 0.2) is 0 Å². The summed E-state index contributed by atoms with van der Waals surface area (Å²) < 4.78 is 0. The molecule has 0 amide bonds. The summed E-state index contributed by atoms with van der Waals surface area (Å²) in [6.45, 7) is 9.62. The van der Waals surface area contributed by atoms with Gasteiger partial charge in [0, 0.05) is 13.1 Å². The largest absolute Gasteiger partial charge is 0.305 e. The Morgan fingerprint density at radius 1 is 0.300 bits per heavy atom. The predicted molar refractivity (Wildman–Crippen MR) is 139 cm³/mol. The third-order valence-corrected chi connectivity index (χ3v) is 6.65. The molecule has 0 fully saturated rings. The Kier molecular flexibility index (Phi) is 25.1. The molecule has 0 radical (unpaired) electrons. The van der Waals surface area contributed by atoms with Crippen LogP contribution in [-0.2, 0) is 0 Å². The fourth-order valence-electron chi connectivity index (χ4n) is 4.30. The van der Waals surface area contributed by atoms with E-state index in [0.29, 0.717) is 0 Å². The minimum Gasteiger partial charge on any atom is -0.305 e. The van der Waals surface area contributed by atoms with Gasteiger partial charge in [-0.05, 0) is 40.0 Å². The first-order chi connectivity index (χ1) is 14.7. The molecule has 0 aromatic carbocycles. The first-order valence-corrected chi connectivity index (χ1v) is 14.1. The summed E-state index contributed by atoms with van der Waals surface area (Å²) >= 11 is 0. The molecule has 0 heterocycles. The highest BCUT2D eigenvalue weighted by Gasteiger charge is 2.02. The molecule has 182 valence electrons. The zero-order chi connectivity index (χ0) is 22.1. The van der Waals surface area contributed by atoms with Gasteiger partial charge in [-0.1, -0.05) is 129 Å². The highest BCUT2D eigenvalue weighted by atomic mass is 15.2. The lowest BCUT2D eigenvalue weighted by atomic mass is 10.1. The molecule has 2 nitrogen and oxygen atoms in total. The highest BCUT2D eigenvalue weighted by molar-refractivity contribution is 4.59. The average molecular weight is 425 g/mol. The number of unbranched alkanes of at least 4 members (excludes halogenated alkanes) is 18. The number of hydrogen-bond acceptors (Lipinski definition) is 2. The van der Waals surface area contributed by atoms with Gasteiger partial charge in [-0.2, -0.15) is 0 Å². The first kappa shape index (κ1) is 29.9. The van der Waals surface area contributed by atoms with Gasteiger partial charge in [0.2, 0.25) is 0 Å². The number of nitrogens with zero attached hydrogens (tertiary/aromatic N) is 2. The van der Waals surface area contributed by atoms with Crippen LogP contribution in [0.4, 0.5) is 0 Å². The summed E-state index contributed by atoms with van der Waals surface area (Å²) in [4.78, 5) is 5.08. The van der Waals surface area contributed by atoms with Gasteiger partial charge in [-0.15, -0.1) is 0 Å². The Hall–Kier alpha value is -0.0800. The molecule has 2 heteroatoms. The van der Waals surface area contributed by atoms with Crippen molar-refractivity contribution in [1.29, 1.82) is 0 Å². The summed E-state index contributed by atoms with van der Waals surface area (Å²) in [6.07, 6.45) is 28.7. The van der Waals surface area contributed by atoms with E-state index in [0.717, 1.165) is 0 Å². The fourth-order valence-corrected chi connectivity index (χ4v) is 4.30. The van der Waals surface area contributed by atoms with Gasteiger partial charge in [0.1, 0.15) is 0 Å². The van der Waals surface area contributed by atoms with Crippen LogP contribution >= 0.6 is 0 Å². The van der Waals surface area contributed by atoms with E-state index in [4.69, 9.17) is 0 Å². The van der Waals surface area contributed by atoms with Crippen molar-refractivity contribution >= 4 is 0 Å². The van der Waals surface area contributed by atoms with E-state index in [1.165, 1.54) is 155 Å². The second-order valence-electron chi connectivity index (χ2n) is 9.97. The summed E-state index contributed by atoms with van der Waals surface area (Å²) in [6, 6.07) is 0. The van der Waals surface area contributed by atoms with Crippen molar-refractivity contribution in [2.75, 3.05) is 40.3 Å². The summed E-state index contributed by atoms with van der Waals surface area (Å²) in [5.41, 5.74) is 0. The van der Waals surface area contributed by atoms with Crippen LogP contribution in [0.2, 0.25) is 0 Å². The van der Waals surface area contributed by atoms with Gasteiger partial charge in [0.25, 0.3) is 0 Å². The Bertz CT molecular complexity index is 275. The average Bonchev–Trinajstić information content (AvgIpc) is 2.75. The molecule has 0 aliphatic rings. The van der Waals surface area contributed by atoms with Gasteiger partial charge in [-0.3, -0.25) is 0 Å². The van der Waals surface area contributed by atoms with Crippen LogP contribution < -0.4 is 0 Å². The topological polar surface area (TPSA) is 6.48 Å². The van der Waals surface area contributed by atoms with Gasteiger partial charge < -0.3 is 9.80 Å². The maximum Gasteiger partial charge on any atom is 0.0106 e. The van der Waals surface area contributed by atoms with Crippen LogP contribution in [0.1, 0.15) is 142 Å². The van der Waals surface area contributed by atoms with Crippen molar-refractivity contribution in [3.8, 4) is 0 Å². The van der Waals surface area contributed by atoms with Gasteiger partial charge in [-0.25, -0.2) is 0 Å². The first-order valence-electron chi connectivity index (χ1n) is 14.1. The zero-order valence-electron chi connectivity index (χ0n) is 21.9. The van der Waals surface area contributed by atoms with E-state index in [1.54, 1.807) is 0 Å². The smallest absolute Gasteiger partial charge is 0.0106 e. The number of rotatable bonds is 25. The maximum absolute atomic E-state index is 2.54. The maximum atomic E-state index is 2.54. The Morgan fingerprint density at radius 3 is 0.800 bits per heavy atom. The molecule has 0 aromatic heterocycles. The molecular weight excluding hydrogens is 364 g/mol. The molecule has 0 aliphatic carbocycles. The molecule has 0 rings (SSSR count). The van der Waals surface area contributed by atoms with Crippen molar-refractivity contribution in [3.63, 3.8) is 0 Å².